The Balaban J connectivity index is 2.45. The lowest BCUT2D eigenvalue weighted by Crippen LogP contribution is -2.10. The summed E-state index contributed by atoms with van der Waals surface area (Å²) in [4.78, 5) is 20.2. The van der Waals surface area contributed by atoms with Gasteiger partial charge in [-0.2, -0.15) is 0 Å². The number of hydrogen-bond acceptors (Lipinski definition) is 4. The fourth-order valence-corrected chi connectivity index (χ4v) is 2.11. The molecule has 0 saturated carbocycles. The number of aryl methyl sites for hydroxylation is 2. The molecule has 2 aromatic heterocycles. The summed E-state index contributed by atoms with van der Waals surface area (Å²) < 4.78 is 6.54. The molecule has 6 heteroatoms. The average Bonchev–Trinajstić information content (AvgIpc) is 2.74. The molecular formula is C13H16ClN3O2. The van der Waals surface area contributed by atoms with Crippen LogP contribution >= 0.6 is 11.6 Å². The number of carbonyl (C=O) groups excluding carboxylic acids is 1. The minimum absolute atomic E-state index is 0.243. The summed E-state index contributed by atoms with van der Waals surface area (Å²) in [5.41, 5.74) is 2.45. The van der Waals surface area contributed by atoms with Crippen molar-refractivity contribution in [2.75, 3.05) is 7.11 Å². The van der Waals surface area contributed by atoms with Crippen molar-refractivity contribution in [3.8, 4) is 0 Å². The number of imidazole rings is 1. The van der Waals surface area contributed by atoms with Gasteiger partial charge in [0, 0.05) is 12.2 Å². The van der Waals surface area contributed by atoms with E-state index in [1.54, 1.807) is 0 Å². The number of carbonyl (C=O) groups is 1. The third-order valence-corrected chi connectivity index (χ3v) is 3.08. The maximum atomic E-state index is 11.3. The molecule has 0 aliphatic carbocycles. The minimum atomic E-state index is -0.261. The molecule has 2 rings (SSSR count). The molecule has 0 amide bonds. The number of aromatic nitrogens is 3. The van der Waals surface area contributed by atoms with Crippen LogP contribution in [0.25, 0.3) is 11.2 Å². The van der Waals surface area contributed by atoms with E-state index >= 15 is 0 Å². The Morgan fingerprint density at radius 1 is 1.47 bits per heavy atom. The Bertz CT molecular complexity index is 607. The molecule has 0 bridgehead atoms. The van der Waals surface area contributed by atoms with Crippen LogP contribution in [0.4, 0.5) is 0 Å². The number of ether oxygens (including phenoxy) is 1. The lowest BCUT2D eigenvalue weighted by atomic mass is 10.3. The molecule has 0 aromatic carbocycles. The van der Waals surface area contributed by atoms with Crippen LogP contribution in [0.5, 0.6) is 0 Å². The Morgan fingerprint density at radius 2 is 2.21 bits per heavy atom. The number of esters is 1. The quantitative estimate of drug-likeness (QED) is 0.638. The molecule has 2 heterocycles. The maximum absolute atomic E-state index is 11.3. The van der Waals surface area contributed by atoms with Crippen molar-refractivity contribution < 1.29 is 9.53 Å². The highest BCUT2D eigenvalue weighted by atomic mass is 35.5. The van der Waals surface area contributed by atoms with Gasteiger partial charge in [0.15, 0.2) is 5.65 Å². The lowest BCUT2D eigenvalue weighted by molar-refractivity contribution is -0.140. The highest BCUT2D eigenvalue weighted by Crippen LogP contribution is 2.24. The van der Waals surface area contributed by atoms with Crippen LogP contribution in [0.1, 0.15) is 30.2 Å². The summed E-state index contributed by atoms with van der Waals surface area (Å²) >= 11 is 6.14. The summed E-state index contributed by atoms with van der Waals surface area (Å²) in [7, 11) is 1.38. The number of nitrogens with zero attached hydrogens (tertiary/aromatic N) is 3. The molecule has 0 N–H and O–H groups in total. The Morgan fingerprint density at radius 3 is 2.84 bits per heavy atom. The van der Waals surface area contributed by atoms with Gasteiger partial charge in [0.1, 0.15) is 11.3 Å². The van der Waals surface area contributed by atoms with E-state index in [2.05, 4.69) is 14.7 Å². The molecule has 0 spiro atoms. The summed E-state index contributed by atoms with van der Waals surface area (Å²) in [6, 6.07) is 3.82. The molecule has 0 saturated heterocycles. The fourth-order valence-electron chi connectivity index (χ4n) is 1.94. The normalized spacial score (nSPS) is 12.6. The molecular weight excluding hydrogens is 266 g/mol. The zero-order valence-corrected chi connectivity index (χ0v) is 11.9. The number of methoxy groups -OCH3 is 1. The van der Waals surface area contributed by atoms with Crippen LogP contribution in [-0.2, 0) is 16.1 Å². The van der Waals surface area contributed by atoms with Crippen LogP contribution in [0.3, 0.4) is 0 Å². The number of pyridine rings is 1. The maximum Gasteiger partial charge on any atom is 0.307 e. The predicted octanol–water partition coefficient (Wildman–Crippen LogP) is 2.60. The van der Waals surface area contributed by atoms with Gasteiger partial charge in [-0.1, -0.05) is 0 Å². The molecule has 0 aliphatic heterocycles. The smallest absolute Gasteiger partial charge is 0.307 e. The van der Waals surface area contributed by atoms with Gasteiger partial charge < -0.3 is 9.30 Å². The van der Waals surface area contributed by atoms with Gasteiger partial charge >= 0.3 is 5.97 Å². The van der Waals surface area contributed by atoms with Crippen molar-refractivity contribution in [3.63, 3.8) is 0 Å². The van der Waals surface area contributed by atoms with Gasteiger partial charge in [-0.05, 0) is 26.0 Å². The summed E-state index contributed by atoms with van der Waals surface area (Å²) in [6.07, 6.45) is 0.272. The standard InChI is InChI=1S/C13H16ClN3O2/c1-8-4-5-10-13(15-8)17(7-6-11(18)19-3)12(16-10)9(2)14/h4-5,9H,6-7H2,1-3H3. The van der Waals surface area contributed by atoms with Crippen LogP contribution in [-0.4, -0.2) is 27.6 Å². The SMILES string of the molecule is COC(=O)CCn1c(C(C)Cl)nc2ccc(C)nc21. The molecule has 102 valence electrons. The van der Waals surface area contributed by atoms with E-state index in [1.165, 1.54) is 7.11 Å². The Hall–Kier alpha value is -1.62. The van der Waals surface area contributed by atoms with Crippen LogP contribution in [0.15, 0.2) is 12.1 Å². The minimum Gasteiger partial charge on any atom is -0.469 e. The number of hydrogen-bond donors (Lipinski definition) is 0. The van der Waals surface area contributed by atoms with Crippen LogP contribution in [0, 0.1) is 6.92 Å². The van der Waals surface area contributed by atoms with Crippen LogP contribution in [0.2, 0.25) is 0 Å². The van der Waals surface area contributed by atoms with E-state index < -0.39 is 0 Å². The van der Waals surface area contributed by atoms with Gasteiger partial charge in [0.25, 0.3) is 0 Å². The number of halogens is 1. The monoisotopic (exact) mass is 281 g/mol. The molecule has 19 heavy (non-hydrogen) atoms. The van der Waals surface area contributed by atoms with Gasteiger partial charge in [-0.15, -0.1) is 11.6 Å². The van der Waals surface area contributed by atoms with Crippen molar-refractivity contribution in [1.82, 2.24) is 14.5 Å². The van der Waals surface area contributed by atoms with Crippen molar-refractivity contribution in [2.24, 2.45) is 0 Å². The van der Waals surface area contributed by atoms with Crippen molar-refractivity contribution in [1.29, 1.82) is 0 Å². The zero-order chi connectivity index (χ0) is 14.0. The van der Waals surface area contributed by atoms with E-state index in [-0.39, 0.29) is 17.8 Å². The summed E-state index contributed by atoms with van der Waals surface area (Å²) in [5.74, 6) is 0.460. The first-order valence-corrected chi connectivity index (χ1v) is 6.51. The van der Waals surface area contributed by atoms with Crippen molar-refractivity contribution >= 4 is 28.7 Å². The summed E-state index contributed by atoms with van der Waals surface area (Å²) in [5, 5.41) is -0.243. The molecule has 0 fully saturated rings. The second-order valence-corrected chi connectivity index (χ2v) is 5.01. The molecule has 0 radical (unpaired) electrons. The second kappa shape index (κ2) is 5.57. The number of alkyl halides is 1. The Labute approximate surface area is 116 Å². The van der Waals surface area contributed by atoms with Crippen molar-refractivity contribution in [2.45, 2.75) is 32.2 Å². The molecule has 1 atom stereocenters. The van der Waals surface area contributed by atoms with Crippen molar-refractivity contribution in [3.05, 3.63) is 23.7 Å². The van der Waals surface area contributed by atoms with E-state index in [0.29, 0.717) is 6.54 Å². The highest BCUT2D eigenvalue weighted by molar-refractivity contribution is 6.20. The van der Waals surface area contributed by atoms with Crippen LogP contribution < -0.4 is 0 Å². The third kappa shape index (κ3) is 2.87. The first-order valence-electron chi connectivity index (χ1n) is 6.07. The van der Waals surface area contributed by atoms with E-state index in [0.717, 1.165) is 22.7 Å². The van der Waals surface area contributed by atoms with E-state index in [1.807, 2.05) is 30.5 Å². The first kappa shape index (κ1) is 13.8. The molecule has 5 nitrogen and oxygen atoms in total. The largest absolute Gasteiger partial charge is 0.469 e. The highest BCUT2D eigenvalue weighted by Gasteiger charge is 2.16. The second-order valence-electron chi connectivity index (χ2n) is 4.36. The fraction of sp³-hybridized carbons (Fsp3) is 0.462. The van der Waals surface area contributed by atoms with E-state index in [4.69, 9.17) is 11.6 Å². The molecule has 2 aromatic rings. The number of rotatable bonds is 4. The Kier molecular flexibility index (Phi) is 4.04. The van der Waals surface area contributed by atoms with Gasteiger partial charge in [0.05, 0.1) is 18.9 Å². The zero-order valence-electron chi connectivity index (χ0n) is 11.2. The average molecular weight is 282 g/mol. The molecule has 0 aliphatic rings. The first-order chi connectivity index (χ1) is 9.02. The third-order valence-electron chi connectivity index (χ3n) is 2.88. The summed E-state index contributed by atoms with van der Waals surface area (Å²) in [6.45, 7) is 4.23. The lowest BCUT2D eigenvalue weighted by Gasteiger charge is -2.09. The topological polar surface area (TPSA) is 57.0 Å². The number of fused-ring (bicyclic) bond motifs is 1. The molecule has 1 unspecified atom stereocenters. The van der Waals surface area contributed by atoms with Gasteiger partial charge in [0.2, 0.25) is 0 Å². The van der Waals surface area contributed by atoms with E-state index in [9.17, 15) is 4.79 Å². The predicted molar refractivity (Wildman–Crippen MR) is 73.2 cm³/mol. The van der Waals surface area contributed by atoms with Gasteiger partial charge in [-0.3, -0.25) is 4.79 Å². The van der Waals surface area contributed by atoms with Gasteiger partial charge in [-0.25, -0.2) is 9.97 Å².